The van der Waals surface area contributed by atoms with Gasteiger partial charge in [0.05, 0.1) is 12.7 Å². The van der Waals surface area contributed by atoms with E-state index in [1.165, 1.54) is 12.5 Å². The minimum Gasteiger partial charge on any atom is -0.449 e. The second kappa shape index (κ2) is 9.93. The molecule has 1 unspecified atom stereocenters. The van der Waals surface area contributed by atoms with Gasteiger partial charge in [0.2, 0.25) is 0 Å². The van der Waals surface area contributed by atoms with Crippen LogP contribution in [-0.4, -0.2) is 57.8 Å². The molecule has 1 saturated carbocycles. The molecule has 0 radical (unpaired) electrons. The summed E-state index contributed by atoms with van der Waals surface area (Å²) in [6.45, 7) is 7.99. The van der Waals surface area contributed by atoms with E-state index in [2.05, 4.69) is 27.1 Å². The van der Waals surface area contributed by atoms with Gasteiger partial charge in [-0.1, -0.05) is 18.2 Å². The maximum Gasteiger partial charge on any atom is 0.287 e. The van der Waals surface area contributed by atoms with Crippen LogP contribution in [0.4, 0.5) is 0 Å². The van der Waals surface area contributed by atoms with E-state index in [9.17, 15) is 9.59 Å². The highest BCUT2D eigenvalue weighted by molar-refractivity contribution is 5.94. The third kappa shape index (κ3) is 4.86. The monoisotopic (exact) mass is 486 g/mol. The van der Waals surface area contributed by atoms with Gasteiger partial charge in [0, 0.05) is 30.4 Å². The average Bonchev–Trinajstić information content (AvgIpc) is 3.21. The first-order valence-corrected chi connectivity index (χ1v) is 12.2. The number of amides is 2. The first-order valence-electron chi connectivity index (χ1n) is 12.2. The number of piperidine rings is 1. The highest BCUT2D eigenvalue weighted by Gasteiger charge is 2.54. The number of nitrogens with zero attached hydrogens (tertiary/aromatic N) is 5. The van der Waals surface area contributed by atoms with E-state index in [0.29, 0.717) is 30.0 Å². The Hall–Kier alpha value is -4.01. The van der Waals surface area contributed by atoms with Gasteiger partial charge in [0.15, 0.2) is 11.2 Å². The second-order valence-electron chi connectivity index (χ2n) is 9.59. The van der Waals surface area contributed by atoms with Crippen LogP contribution < -0.4 is 16.0 Å². The Morgan fingerprint density at radius 3 is 2.86 bits per heavy atom. The van der Waals surface area contributed by atoms with Crippen molar-refractivity contribution < 1.29 is 14.0 Å². The van der Waals surface area contributed by atoms with E-state index in [-0.39, 0.29) is 23.0 Å². The molecule has 1 aliphatic carbocycles. The number of furan rings is 1. The maximum absolute atomic E-state index is 13.1. The quantitative estimate of drug-likeness (QED) is 0.513. The molecule has 36 heavy (non-hydrogen) atoms. The Morgan fingerprint density at radius 1 is 1.31 bits per heavy atom. The number of hydrogen-bond acceptors (Lipinski definition) is 6. The van der Waals surface area contributed by atoms with Gasteiger partial charge < -0.3 is 14.6 Å². The highest BCUT2D eigenvalue weighted by atomic mass is 16.3. The number of benzene rings is 1. The zero-order valence-corrected chi connectivity index (χ0v) is 20.4. The van der Waals surface area contributed by atoms with Crippen molar-refractivity contribution >= 4 is 30.8 Å². The van der Waals surface area contributed by atoms with Gasteiger partial charge in [-0.05, 0) is 68.0 Å². The number of rotatable bonds is 7. The molecule has 2 amide bonds. The van der Waals surface area contributed by atoms with Gasteiger partial charge in [-0.15, -0.1) is 0 Å². The van der Waals surface area contributed by atoms with Crippen LogP contribution in [0.25, 0.3) is 12.3 Å². The van der Waals surface area contributed by atoms with Crippen LogP contribution in [0.1, 0.15) is 52.7 Å². The van der Waals surface area contributed by atoms with Crippen molar-refractivity contribution in [3.05, 3.63) is 70.5 Å². The van der Waals surface area contributed by atoms with Crippen molar-refractivity contribution in [3.63, 3.8) is 0 Å². The van der Waals surface area contributed by atoms with Crippen LogP contribution >= 0.6 is 0 Å². The lowest BCUT2D eigenvalue weighted by Crippen LogP contribution is -2.40. The van der Waals surface area contributed by atoms with Gasteiger partial charge in [-0.25, -0.2) is 9.67 Å². The molecule has 3 heterocycles. The molecule has 5 rings (SSSR count). The Kier molecular flexibility index (Phi) is 6.54. The minimum absolute atomic E-state index is 0.0683. The molecular formula is C27H30N6O3. The average molecular weight is 487 g/mol. The standard InChI is InChI=1S/C27H30N6O3/c1-3-20-12-23(36-24(20)15-28-2)25(34)30-14-22-13-27(22)7-9-32(10-8-27)26(35)21-6-4-5-19(11-21)16-33-18-29-17-31-33/h3-6,11-12,15,17-18,22H,2,7-10,13-14,16H2,1H3,(H,30,34)/b20-3-,24-15+. The van der Waals surface area contributed by atoms with Gasteiger partial charge in [0.25, 0.3) is 11.8 Å². The number of hydrogen-bond donors (Lipinski definition) is 1. The van der Waals surface area contributed by atoms with Gasteiger partial charge in [-0.3, -0.25) is 14.6 Å². The van der Waals surface area contributed by atoms with E-state index in [0.717, 1.165) is 43.1 Å². The van der Waals surface area contributed by atoms with Gasteiger partial charge in [-0.2, -0.15) is 5.10 Å². The SMILES string of the molecule is C=N/C=c1/oc(C(=O)NCC2CC23CCN(C(=O)c2cccc(Cn4cncn4)c2)CC3)c/c1=C/C. The van der Waals surface area contributed by atoms with Crippen molar-refractivity contribution in [3.8, 4) is 0 Å². The Labute approximate surface area is 209 Å². The summed E-state index contributed by atoms with van der Waals surface area (Å²) in [4.78, 5) is 35.4. The van der Waals surface area contributed by atoms with Crippen molar-refractivity contribution in [2.24, 2.45) is 16.3 Å². The summed E-state index contributed by atoms with van der Waals surface area (Å²) in [6.07, 6.45) is 9.53. The van der Waals surface area contributed by atoms with Gasteiger partial charge in [0.1, 0.15) is 12.7 Å². The van der Waals surface area contributed by atoms with E-state index in [4.69, 9.17) is 4.42 Å². The van der Waals surface area contributed by atoms with Crippen LogP contribution in [0.3, 0.4) is 0 Å². The minimum atomic E-state index is -0.220. The molecule has 2 aromatic heterocycles. The first-order chi connectivity index (χ1) is 17.5. The summed E-state index contributed by atoms with van der Waals surface area (Å²) < 4.78 is 7.37. The normalized spacial score (nSPS) is 19.5. The molecule has 1 aromatic carbocycles. The summed E-state index contributed by atoms with van der Waals surface area (Å²) in [5.41, 5.74) is 2.47. The highest BCUT2D eigenvalue weighted by Crippen LogP contribution is 2.59. The molecule has 0 bridgehead atoms. The zero-order chi connectivity index (χ0) is 25.1. The molecular weight excluding hydrogens is 456 g/mol. The lowest BCUT2D eigenvalue weighted by molar-refractivity contribution is 0.0668. The molecule has 1 atom stereocenters. The fourth-order valence-electron chi connectivity index (χ4n) is 5.22. The van der Waals surface area contributed by atoms with Crippen LogP contribution in [-0.2, 0) is 6.54 Å². The second-order valence-corrected chi connectivity index (χ2v) is 9.59. The fraction of sp³-hybridized carbons (Fsp3) is 0.370. The van der Waals surface area contributed by atoms with Crippen molar-refractivity contribution in [1.82, 2.24) is 25.0 Å². The molecule has 1 spiro atoms. The smallest absolute Gasteiger partial charge is 0.287 e. The van der Waals surface area contributed by atoms with Crippen molar-refractivity contribution in [2.45, 2.75) is 32.7 Å². The molecule has 1 aliphatic heterocycles. The zero-order valence-electron chi connectivity index (χ0n) is 20.4. The third-order valence-corrected chi connectivity index (χ3v) is 7.43. The Balaban J connectivity index is 1.13. The maximum atomic E-state index is 13.1. The number of aliphatic imine (C=N–C) groups is 1. The summed E-state index contributed by atoms with van der Waals surface area (Å²) in [5, 5.41) is 7.98. The van der Waals surface area contributed by atoms with Crippen molar-refractivity contribution in [1.29, 1.82) is 0 Å². The summed E-state index contributed by atoms with van der Waals surface area (Å²) in [7, 11) is 0. The topological polar surface area (TPSA) is 106 Å². The predicted molar refractivity (Wildman–Crippen MR) is 136 cm³/mol. The number of carbonyl (C=O) groups excluding carboxylic acids is 2. The molecule has 9 nitrogen and oxygen atoms in total. The Morgan fingerprint density at radius 2 is 2.14 bits per heavy atom. The third-order valence-electron chi connectivity index (χ3n) is 7.43. The summed E-state index contributed by atoms with van der Waals surface area (Å²) in [6, 6.07) is 9.44. The number of aromatic nitrogens is 3. The lowest BCUT2D eigenvalue weighted by Gasteiger charge is -2.33. The number of carbonyl (C=O) groups is 2. The van der Waals surface area contributed by atoms with Gasteiger partial charge >= 0.3 is 0 Å². The van der Waals surface area contributed by atoms with Crippen LogP contribution in [0.5, 0.6) is 0 Å². The molecule has 9 heteroatoms. The van der Waals surface area contributed by atoms with Crippen LogP contribution in [0.2, 0.25) is 0 Å². The van der Waals surface area contributed by atoms with E-state index in [1.54, 1.807) is 17.1 Å². The molecule has 186 valence electrons. The van der Waals surface area contributed by atoms with E-state index < -0.39 is 0 Å². The van der Waals surface area contributed by atoms with E-state index >= 15 is 0 Å². The fourth-order valence-corrected chi connectivity index (χ4v) is 5.22. The molecule has 3 aromatic rings. The molecule has 2 aliphatic rings. The molecule has 1 saturated heterocycles. The molecule has 1 N–H and O–H groups in total. The van der Waals surface area contributed by atoms with E-state index in [1.807, 2.05) is 42.2 Å². The van der Waals surface area contributed by atoms with Crippen LogP contribution in [0, 0.1) is 11.3 Å². The number of likely N-dealkylation sites (tertiary alicyclic amines) is 1. The lowest BCUT2D eigenvalue weighted by atomic mass is 9.90. The first kappa shape index (κ1) is 23.7. The predicted octanol–water partition coefficient (Wildman–Crippen LogP) is 1.83. The van der Waals surface area contributed by atoms with Crippen molar-refractivity contribution in [2.75, 3.05) is 19.6 Å². The summed E-state index contributed by atoms with van der Waals surface area (Å²) >= 11 is 0. The Bertz CT molecular complexity index is 1380. The summed E-state index contributed by atoms with van der Waals surface area (Å²) in [5.74, 6) is 0.554. The number of nitrogens with one attached hydrogen (secondary N) is 1. The molecule has 2 fully saturated rings. The largest absolute Gasteiger partial charge is 0.449 e. The van der Waals surface area contributed by atoms with Crippen LogP contribution in [0.15, 0.2) is 52.4 Å².